The van der Waals surface area contributed by atoms with E-state index in [1.807, 2.05) is 6.08 Å². The molecule has 6 heteroatoms. The number of hydrogen-bond acceptors (Lipinski definition) is 6. The Balaban J connectivity index is 4.57. The molecule has 0 fully saturated rings. The molecule has 0 amide bonds. The summed E-state index contributed by atoms with van der Waals surface area (Å²) in [5.74, 6) is -1.13. The van der Waals surface area contributed by atoms with Crippen LogP contribution in [0.2, 0.25) is 0 Å². The lowest BCUT2D eigenvalue weighted by Crippen LogP contribution is -2.30. The van der Waals surface area contributed by atoms with Crippen molar-refractivity contribution in [2.75, 3.05) is 13.2 Å². The van der Waals surface area contributed by atoms with Crippen LogP contribution in [0.5, 0.6) is 0 Å². The van der Waals surface area contributed by atoms with Gasteiger partial charge in [-0.1, -0.05) is 279 Å². The van der Waals surface area contributed by atoms with Crippen molar-refractivity contribution in [2.45, 2.75) is 258 Å². The Morgan fingerprint density at radius 2 is 0.518 bits per heavy atom. The van der Waals surface area contributed by atoms with Gasteiger partial charge in [-0.3, -0.25) is 14.4 Å². The Bertz CT molecular complexity index is 1990. The van der Waals surface area contributed by atoms with Crippen LogP contribution in [-0.4, -0.2) is 37.2 Å². The van der Waals surface area contributed by atoms with Crippen molar-refractivity contribution in [1.82, 2.24) is 0 Å². The number of carbonyl (C=O) groups excluding carboxylic acids is 3. The number of esters is 3. The van der Waals surface area contributed by atoms with Crippen LogP contribution in [0, 0.1) is 0 Å². The lowest BCUT2D eigenvalue weighted by atomic mass is 10.1. The lowest BCUT2D eigenvalue weighted by Gasteiger charge is -2.18. The summed E-state index contributed by atoms with van der Waals surface area (Å²) in [5.41, 5.74) is 0. The number of unbranched alkanes of at least 4 members (excludes halogenated alkanes) is 15. The maximum atomic E-state index is 12.9. The fourth-order valence-electron chi connectivity index (χ4n) is 8.24. The number of allylic oxidation sites excluding steroid dienone is 31. The molecular weight excluding hydrogens is 1020 g/mol. The smallest absolute Gasteiger partial charge is 0.309 e. The second-order valence-electron chi connectivity index (χ2n) is 20.9. The maximum absolute atomic E-state index is 12.9. The molecule has 0 bridgehead atoms. The third-order valence-corrected chi connectivity index (χ3v) is 13.1. The van der Waals surface area contributed by atoms with Crippen LogP contribution in [0.25, 0.3) is 0 Å². The summed E-state index contributed by atoms with van der Waals surface area (Å²) >= 11 is 0. The van der Waals surface area contributed by atoms with Crippen molar-refractivity contribution in [3.8, 4) is 0 Å². The zero-order chi connectivity index (χ0) is 59.9. The summed E-state index contributed by atoms with van der Waals surface area (Å²) in [6.07, 6.45) is 105. The van der Waals surface area contributed by atoms with Gasteiger partial charge in [-0.2, -0.15) is 0 Å². The highest BCUT2D eigenvalue weighted by Crippen LogP contribution is 2.13. The minimum Gasteiger partial charge on any atom is -0.462 e. The van der Waals surface area contributed by atoms with E-state index in [-0.39, 0.29) is 44.4 Å². The van der Waals surface area contributed by atoms with Crippen LogP contribution >= 0.6 is 0 Å². The van der Waals surface area contributed by atoms with Gasteiger partial charge >= 0.3 is 17.9 Å². The summed E-state index contributed by atoms with van der Waals surface area (Å²) in [4.78, 5) is 38.3. The zero-order valence-corrected chi connectivity index (χ0v) is 52.9. The van der Waals surface area contributed by atoms with E-state index in [1.165, 1.54) is 64.2 Å². The van der Waals surface area contributed by atoms with Crippen LogP contribution in [-0.2, 0) is 28.6 Å². The Labute approximate surface area is 509 Å². The highest BCUT2D eigenvalue weighted by molar-refractivity contribution is 5.72. The number of rotatable bonds is 57. The fraction of sp³-hybridized carbons (Fsp3) is 0.545. The molecule has 83 heavy (non-hydrogen) atoms. The Kier molecular flexibility index (Phi) is 64.0. The van der Waals surface area contributed by atoms with E-state index in [4.69, 9.17) is 14.2 Å². The van der Waals surface area contributed by atoms with Gasteiger partial charge in [-0.25, -0.2) is 0 Å². The van der Waals surface area contributed by atoms with Gasteiger partial charge in [-0.15, -0.1) is 0 Å². The van der Waals surface area contributed by atoms with Crippen molar-refractivity contribution in [3.05, 3.63) is 194 Å². The molecular formula is C77H118O6. The van der Waals surface area contributed by atoms with Gasteiger partial charge < -0.3 is 14.2 Å². The van der Waals surface area contributed by atoms with Crippen LogP contribution in [0.15, 0.2) is 194 Å². The molecule has 0 heterocycles. The molecule has 0 aromatic heterocycles. The van der Waals surface area contributed by atoms with E-state index in [0.717, 1.165) is 141 Å². The molecule has 0 aliphatic rings. The summed E-state index contributed by atoms with van der Waals surface area (Å²) in [6, 6.07) is 0. The molecule has 1 atom stereocenters. The van der Waals surface area contributed by atoms with Crippen LogP contribution in [0.4, 0.5) is 0 Å². The number of carbonyl (C=O) groups is 3. The molecule has 462 valence electrons. The topological polar surface area (TPSA) is 78.9 Å². The molecule has 0 aromatic rings. The number of ether oxygens (including phenoxy) is 3. The average Bonchev–Trinajstić information content (AvgIpc) is 3.49. The van der Waals surface area contributed by atoms with Gasteiger partial charge in [0.1, 0.15) is 13.2 Å². The summed E-state index contributed by atoms with van der Waals surface area (Å²) in [6.45, 7) is 6.26. The van der Waals surface area contributed by atoms with Gasteiger partial charge in [0.15, 0.2) is 6.10 Å². The predicted octanol–water partition coefficient (Wildman–Crippen LogP) is 23.0. The van der Waals surface area contributed by atoms with Gasteiger partial charge in [0.05, 0.1) is 6.42 Å². The van der Waals surface area contributed by atoms with Crippen molar-refractivity contribution >= 4 is 17.9 Å². The van der Waals surface area contributed by atoms with Crippen molar-refractivity contribution in [1.29, 1.82) is 0 Å². The summed E-state index contributed by atoms with van der Waals surface area (Å²) in [5, 5.41) is 0. The van der Waals surface area contributed by atoms with Gasteiger partial charge in [-0.05, 0) is 148 Å². The Hall–Kier alpha value is -5.75. The molecule has 0 aliphatic heterocycles. The number of hydrogen-bond donors (Lipinski definition) is 0. The maximum Gasteiger partial charge on any atom is 0.309 e. The second kappa shape index (κ2) is 68.7. The van der Waals surface area contributed by atoms with Gasteiger partial charge in [0.2, 0.25) is 0 Å². The normalized spacial score (nSPS) is 13.4. The van der Waals surface area contributed by atoms with E-state index in [0.29, 0.717) is 6.42 Å². The molecule has 0 saturated carbocycles. The first-order valence-corrected chi connectivity index (χ1v) is 32.9. The lowest BCUT2D eigenvalue weighted by molar-refractivity contribution is -0.166. The van der Waals surface area contributed by atoms with Crippen molar-refractivity contribution in [3.63, 3.8) is 0 Å². The largest absolute Gasteiger partial charge is 0.462 e. The van der Waals surface area contributed by atoms with Crippen molar-refractivity contribution < 1.29 is 28.6 Å². The van der Waals surface area contributed by atoms with E-state index in [1.54, 1.807) is 6.08 Å². The molecule has 0 N–H and O–H groups in total. The van der Waals surface area contributed by atoms with E-state index < -0.39 is 12.1 Å². The quantitative estimate of drug-likeness (QED) is 0.0261. The molecule has 0 radical (unpaired) electrons. The zero-order valence-electron chi connectivity index (χ0n) is 52.9. The summed E-state index contributed by atoms with van der Waals surface area (Å²) < 4.78 is 16.8. The molecule has 0 aliphatic carbocycles. The molecule has 0 rings (SSSR count). The Morgan fingerprint density at radius 1 is 0.265 bits per heavy atom. The average molecular weight is 1140 g/mol. The second-order valence-corrected chi connectivity index (χ2v) is 20.9. The SMILES string of the molecule is CC/C=C\C/C=C\C/C=C\C/C=C\C/C=C\C/C=C\C/C=C\C/C=C\CCCCC(=O)OCC(COC(=O)C/C=C\C/C=C\C/C=C\C/C=C\C/C=C\CC)OC(=O)CCCCCCCCCC/C=C\C/C=C\C/C=C\CCCCCCC. The first kappa shape index (κ1) is 77.2. The van der Waals surface area contributed by atoms with Crippen LogP contribution < -0.4 is 0 Å². The highest BCUT2D eigenvalue weighted by atomic mass is 16.6. The van der Waals surface area contributed by atoms with E-state index in [2.05, 4.69) is 203 Å². The van der Waals surface area contributed by atoms with Crippen LogP contribution in [0.1, 0.15) is 252 Å². The molecule has 0 spiro atoms. The third kappa shape index (κ3) is 66.9. The van der Waals surface area contributed by atoms with E-state index in [9.17, 15) is 14.4 Å². The summed E-state index contributed by atoms with van der Waals surface area (Å²) in [7, 11) is 0. The molecule has 0 aromatic carbocycles. The highest BCUT2D eigenvalue weighted by Gasteiger charge is 2.19. The standard InChI is InChI=1S/C77H118O6/c1-4-7-10-13-16-19-22-25-28-30-32-34-36-37-38-39-41-42-44-46-49-52-55-58-61-64-67-70-76(79)82-73-74(72-81-75(78)69-66-63-60-57-54-51-48-27-24-21-18-15-12-9-6-3)83-77(80)71-68-65-62-59-56-53-50-47-45-43-40-35-33-31-29-26-23-20-17-14-11-8-5-2/h7,9-10,12,16,18-19,21,23,25-28,31-34,37-38,40-43,46,48-49,54-55,57-58,63,66,74H,4-6,8,11,13-15,17,20,22,24,29-30,35-36,39,44-45,47,50-53,56,59-62,64-65,67-73H2,1-3H3/b10-7-,12-9-,19-16-,21-18-,26-23-,28-25-,33-31-,34-32-,38-37-,42-41-,43-40-,48-27-,49-46-,57-54-,58-55-,66-63-. The molecule has 0 saturated heterocycles. The molecule has 1 unspecified atom stereocenters. The Morgan fingerprint density at radius 3 is 0.867 bits per heavy atom. The van der Waals surface area contributed by atoms with Crippen molar-refractivity contribution in [2.24, 2.45) is 0 Å². The first-order chi connectivity index (χ1) is 41.0. The first-order valence-electron chi connectivity index (χ1n) is 32.9. The third-order valence-electron chi connectivity index (χ3n) is 13.1. The van der Waals surface area contributed by atoms with Gasteiger partial charge in [0, 0.05) is 12.8 Å². The monoisotopic (exact) mass is 1140 g/mol. The van der Waals surface area contributed by atoms with Crippen LogP contribution in [0.3, 0.4) is 0 Å². The minimum atomic E-state index is -0.854. The van der Waals surface area contributed by atoms with E-state index >= 15 is 0 Å². The minimum absolute atomic E-state index is 0.107. The fourth-order valence-corrected chi connectivity index (χ4v) is 8.24. The van der Waals surface area contributed by atoms with Gasteiger partial charge in [0.25, 0.3) is 0 Å². The molecule has 6 nitrogen and oxygen atoms in total. The predicted molar refractivity (Wildman–Crippen MR) is 361 cm³/mol.